The van der Waals surface area contributed by atoms with Crippen LogP contribution < -0.4 is 27.2 Å². The zero-order chi connectivity index (χ0) is 21.0. The molecule has 0 spiro atoms. The van der Waals surface area contributed by atoms with Gasteiger partial charge in [0.2, 0.25) is 5.91 Å². The van der Waals surface area contributed by atoms with Gasteiger partial charge in [-0.2, -0.15) is 5.48 Å². The number of nitrogens with two attached hydrogens (primary N) is 1. The Hall–Kier alpha value is -1.51. The summed E-state index contributed by atoms with van der Waals surface area (Å²) >= 11 is 0. The molecule has 7 nitrogen and oxygen atoms in total. The van der Waals surface area contributed by atoms with Gasteiger partial charge in [-0.25, -0.2) is 0 Å². The molecule has 6 N–H and O–H groups in total. The van der Waals surface area contributed by atoms with E-state index in [1.54, 1.807) is 0 Å². The van der Waals surface area contributed by atoms with Crippen LogP contribution in [0.1, 0.15) is 75.6 Å². The molecular formula is C23H37N5O2. The first kappa shape index (κ1) is 21.7. The Morgan fingerprint density at radius 1 is 1.20 bits per heavy atom. The summed E-state index contributed by atoms with van der Waals surface area (Å²) in [6, 6.07) is 8.53. The number of amides is 1. The molecule has 1 amide bonds. The lowest BCUT2D eigenvalue weighted by atomic mass is 9.65. The lowest BCUT2D eigenvalue weighted by Gasteiger charge is -2.44. The van der Waals surface area contributed by atoms with Gasteiger partial charge in [0, 0.05) is 6.54 Å². The molecule has 4 atom stereocenters. The summed E-state index contributed by atoms with van der Waals surface area (Å²) in [7, 11) is 0. The number of benzene rings is 1. The van der Waals surface area contributed by atoms with E-state index < -0.39 is 0 Å². The first-order valence-electron chi connectivity index (χ1n) is 11.6. The molecule has 4 unspecified atom stereocenters. The van der Waals surface area contributed by atoms with Crippen molar-refractivity contribution in [3.63, 3.8) is 0 Å². The van der Waals surface area contributed by atoms with Crippen molar-refractivity contribution < 1.29 is 9.63 Å². The second-order valence-corrected chi connectivity index (χ2v) is 9.27. The molecule has 166 valence electrons. The number of hydrogen-bond acceptors (Lipinski definition) is 6. The number of rotatable bonds is 6. The molecule has 2 saturated heterocycles. The molecule has 1 saturated carbocycles. The van der Waals surface area contributed by atoms with Gasteiger partial charge in [-0.05, 0) is 56.2 Å². The van der Waals surface area contributed by atoms with Crippen LogP contribution in [-0.4, -0.2) is 24.8 Å². The number of carbonyl (C=O) groups excluding carboxylic acids is 1. The fourth-order valence-corrected chi connectivity index (χ4v) is 5.49. The Labute approximate surface area is 179 Å². The Bertz CT molecular complexity index is 704. The Balaban J connectivity index is 1.35. The fraction of sp³-hybridized carbons (Fsp3) is 0.696. The highest BCUT2D eigenvalue weighted by molar-refractivity contribution is 5.81. The van der Waals surface area contributed by atoms with Crippen molar-refractivity contribution in [1.82, 2.24) is 21.4 Å². The van der Waals surface area contributed by atoms with Crippen LogP contribution in [0.4, 0.5) is 0 Å². The largest absolute Gasteiger partial charge is 0.369 e. The lowest BCUT2D eigenvalue weighted by molar-refractivity contribution is -0.134. The fourth-order valence-electron chi connectivity index (χ4n) is 5.49. The molecule has 7 heteroatoms. The molecule has 3 fully saturated rings. The molecule has 1 aromatic carbocycles. The van der Waals surface area contributed by atoms with Gasteiger partial charge >= 0.3 is 0 Å². The standard InChI is InChI=1S/C23H37N5O2/c1-16-27-21(28-30-16)18-10-8-17(9-11-18)15-26-20-14-23(22(24)29,12-13-25-20)19-6-4-2-3-5-7-19/h8-11,16,19-21,25-28H,2-7,12-15H2,1H3,(H2,24,29). The predicted octanol–water partition coefficient (Wildman–Crippen LogP) is 2.40. The van der Waals surface area contributed by atoms with Crippen LogP contribution in [0.2, 0.25) is 0 Å². The van der Waals surface area contributed by atoms with Crippen molar-refractivity contribution in [2.45, 2.75) is 83.4 Å². The Morgan fingerprint density at radius 2 is 1.93 bits per heavy atom. The van der Waals surface area contributed by atoms with Gasteiger partial charge in [0.25, 0.3) is 0 Å². The number of hydrogen-bond donors (Lipinski definition) is 5. The van der Waals surface area contributed by atoms with Gasteiger partial charge in [-0.3, -0.25) is 20.3 Å². The van der Waals surface area contributed by atoms with E-state index in [-0.39, 0.29) is 29.9 Å². The summed E-state index contributed by atoms with van der Waals surface area (Å²) in [4.78, 5) is 18.0. The monoisotopic (exact) mass is 415 g/mol. The van der Waals surface area contributed by atoms with Gasteiger partial charge < -0.3 is 11.1 Å². The molecule has 4 rings (SSSR count). The predicted molar refractivity (Wildman–Crippen MR) is 117 cm³/mol. The molecule has 3 aliphatic rings. The summed E-state index contributed by atoms with van der Waals surface area (Å²) < 4.78 is 0. The minimum absolute atomic E-state index is 0.00713. The van der Waals surface area contributed by atoms with E-state index in [2.05, 4.69) is 45.7 Å². The third kappa shape index (κ3) is 4.86. The van der Waals surface area contributed by atoms with Crippen LogP contribution in [0.5, 0.6) is 0 Å². The minimum atomic E-state index is -0.367. The smallest absolute Gasteiger partial charge is 0.224 e. The molecule has 0 bridgehead atoms. The zero-order valence-corrected chi connectivity index (χ0v) is 18.1. The average Bonchev–Trinajstić information content (AvgIpc) is 3.01. The first-order valence-corrected chi connectivity index (χ1v) is 11.6. The highest BCUT2D eigenvalue weighted by Crippen LogP contribution is 2.44. The number of nitrogens with one attached hydrogen (secondary N) is 4. The second kappa shape index (κ2) is 9.75. The maximum absolute atomic E-state index is 12.6. The lowest BCUT2D eigenvalue weighted by Crippen LogP contribution is -2.57. The maximum atomic E-state index is 12.6. The molecule has 0 radical (unpaired) electrons. The van der Waals surface area contributed by atoms with Gasteiger partial charge in [0.1, 0.15) is 12.4 Å². The van der Waals surface area contributed by atoms with Crippen molar-refractivity contribution in [2.24, 2.45) is 17.1 Å². The average molecular weight is 416 g/mol. The van der Waals surface area contributed by atoms with E-state index in [1.165, 1.54) is 31.2 Å². The Morgan fingerprint density at radius 3 is 2.57 bits per heavy atom. The normalized spacial score (nSPS) is 33.3. The summed E-state index contributed by atoms with van der Waals surface area (Å²) in [6.07, 6.45) is 9.12. The molecule has 2 heterocycles. The van der Waals surface area contributed by atoms with Crippen LogP contribution in [0, 0.1) is 11.3 Å². The molecule has 1 aliphatic carbocycles. The third-order valence-corrected chi connectivity index (χ3v) is 7.29. The quantitative estimate of drug-likeness (QED) is 0.458. The Kier molecular flexibility index (Phi) is 7.05. The van der Waals surface area contributed by atoms with Crippen LogP contribution in [-0.2, 0) is 16.2 Å². The van der Waals surface area contributed by atoms with Crippen LogP contribution >= 0.6 is 0 Å². The van der Waals surface area contributed by atoms with Crippen LogP contribution in [0.25, 0.3) is 0 Å². The van der Waals surface area contributed by atoms with E-state index in [1.807, 2.05) is 6.92 Å². The van der Waals surface area contributed by atoms with Crippen molar-refractivity contribution in [2.75, 3.05) is 6.54 Å². The van der Waals surface area contributed by atoms with Crippen molar-refractivity contribution in [3.05, 3.63) is 35.4 Å². The summed E-state index contributed by atoms with van der Waals surface area (Å²) in [5.74, 6) is 0.333. The summed E-state index contributed by atoms with van der Waals surface area (Å²) in [5, 5.41) is 10.5. The summed E-state index contributed by atoms with van der Waals surface area (Å²) in [6.45, 7) is 3.58. The van der Waals surface area contributed by atoms with Crippen LogP contribution in [0.3, 0.4) is 0 Å². The topological polar surface area (TPSA) is 100 Å². The summed E-state index contributed by atoms with van der Waals surface area (Å²) in [5.41, 5.74) is 11.0. The van der Waals surface area contributed by atoms with E-state index in [0.717, 1.165) is 44.3 Å². The van der Waals surface area contributed by atoms with Crippen molar-refractivity contribution >= 4 is 5.91 Å². The minimum Gasteiger partial charge on any atom is -0.369 e. The molecule has 2 aliphatic heterocycles. The van der Waals surface area contributed by atoms with Gasteiger partial charge in [-0.15, -0.1) is 0 Å². The zero-order valence-electron chi connectivity index (χ0n) is 18.1. The second-order valence-electron chi connectivity index (χ2n) is 9.27. The van der Waals surface area contributed by atoms with Crippen LogP contribution in [0.15, 0.2) is 24.3 Å². The van der Waals surface area contributed by atoms with E-state index in [4.69, 9.17) is 10.6 Å². The van der Waals surface area contributed by atoms with Crippen molar-refractivity contribution in [1.29, 1.82) is 0 Å². The van der Waals surface area contributed by atoms with Gasteiger partial charge in [0.05, 0.1) is 11.6 Å². The molecular weight excluding hydrogens is 378 g/mol. The highest BCUT2D eigenvalue weighted by Gasteiger charge is 2.47. The number of carbonyl (C=O) groups is 1. The maximum Gasteiger partial charge on any atom is 0.224 e. The van der Waals surface area contributed by atoms with E-state index >= 15 is 0 Å². The molecule has 1 aromatic rings. The number of primary amides is 1. The van der Waals surface area contributed by atoms with Crippen molar-refractivity contribution in [3.8, 4) is 0 Å². The third-order valence-electron chi connectivity index (χ3n) is 7.29. The first-order chi connectivity index (χ1) is 14.6. The van der Waals surface area contributed by atoms with E-state index in [0.29, 0.717) is 5.92 Å². The number of piperidine rings is 1. The molecule has 30 heavy (non-hydrogen) atoms. The highest BCUT2D eigenvalue weighted by atomic mass is 16.7. The van der Waals surface area contributed by atoms with Gasteiger partial charge in [-0.1, -0.05) is 49.9 Å². The SMILES string of the molecule is CC1NC(c2ccc(CNC3CC(C(N)=O)(C4CCCCCC4)CCN3)cc2)NO1. The number of hydroxylamine groups is 1. The molecule has 0 aromatic heterocycles. The van der Waals surface area contributed by atoms with E-state index in [9.17, 15) is 4.79 Å². The van der Waals surface area contributed by atoms with Gasteiger partial charge in [0.15, 0.2) is 0 Å².